The van der Waals surface area contributed by atoms with Crippen molar-refractivity contribution in [2.75, 3.05) is 19.7 Å². The first-order valence-electron chi connectivity index (χ1n) is 9.68. The lowest BCUT2D eigenvalue weighted by atomic mass is 9.99. The smallest absolute Gasteiger partial charge is 0.222 e. The Balaban J connectivity index is 0.00000131. The molecule has 1 aromatic carbocycles. The molecular formula is C20H31Cl2N3O2. The van der Waals surface area contributed by atoms with Gasteiger partial charge in [0.1, 0.15) is 0 Å². The molecular weight excluding hydrogens is 385 g/mol. The van der Waals surface area contributed by atoms with E-state index < -0.39 is 0 Å². The van der Waals surface area contributed by atoms with Crippen LogP contribution in [0.1, 0.15) is 37.7 Å². The molecule has 0 saturated carbocycles. The predicted octanol–water partition coefficient (Wildman–Crippen LogP) is 2.52. The van der Waals surface area contributed by atoms with Crippen LogP contribution >= 0.6 is 24.8 Å². The molecule has 3 aliphatic rings. The summed E-state index contributed by atoms with van der Waals surface area (Å²) in [6.45, 7) is 3.41. The number of benzene rings is 1. The summed E-state index contributed by atoms with van der Waals surface area (Å²) in [4.78, 5) is 14.8. The van der Waals surface area contributed by atoms with Crippen molar-refractivity contribution in [3.8, 4) is 0 Å². The van der Waals surface area contributed by atoms with E-state index in [0.29, 0.717) is 31.2 Å². The van der Waals surface area contributed by atoms with Gasteiger partial charge in [-0.15, -0.1) is 24.8 Å². The van der Waals surface area contributed by atoms with Gasteiger partial charge in [0.15, 0.2) is 0 Å². The fourth-order valence-corrected chi connectivity index (χ4v) is 4.56. The van der Waals surface area contributed by atoms with Crippen molar-refractivity contribution in [2.45, 2.75) is 62.9 Å². The number of amides is 1. The molecule has 0 spiro atoms. The second kappa shape index (κ2) is 10.6. The van der Waals surface area contributed by atoms with E-state index in [1.54, 1.807) is 0 Å². The number of morpholine rings is 1. The highest BCUT2D eigenvalue weighted by molar-refractivity contribution is 5.85. The van der Waals surface area contributed by atoms with Crippen molar-refractivity contribution in [1.82, 2.24) is 15.5 Å². The van der Waals surface area contributed by atoms with Crippen LogP contribution in [0, 0.1) is 0 Å². The molecule has 0 radical (unpaired) electrons. The molecule has 2 N–H and O–H groups in total. The lowest BCUT2D eigenvalue weighted by Gasteiger charge is -2.34. The van der Waals surface area contributed by atoms with E-state index in [1.807, 2.05) is 6.07 Å². The van der Waals surface area contributed by atoms with Crippen LogP contribution in [-0.2, 0) is 16.1 Å². The fraction of sp³-hybridized carbons (Fsp3) is 0.650. The van der Waals surface area contributed by atoms with Gasteiger partial charge in [-0.2, -0.15) is 0 Å². The zero-order valence-corrected chi connectivity index (χ0v) is 17.3. The summed E-state index contributed by atoms with van der Waals surface area (Å²) in [6.07, 6.45) is 5.16. The molecule has 4 rings (SSSR count). The summed E-state index contributed by atoms with van der Waals surface area (Å²) in [5.41, 5.74) is 1.32. The zero-order valence-electron chi connectivity index (χ0n) is 15.6. The number of hydrogen-bond acceptors (Lipinski definition) is 4. The summed E-state index contributed by atoms with van der Waals surface area (Å²) in [6, 6.07) is 12.1. The topological polar surface area (TPSA) is 53.6 Å². The maximum absolute atomic E-state index is 12.4. The Hall–Kier alpha value is -0.850. The molecule has 3 aliphatic heterocycles. The number of rotatable bonds is 5. The molecule has 7 heteroatoms. The molecule has 27 heavy (non-hydrogen) atoms. The maximum atomic E-state index is 12.4. The third-order valence-corrected chi connectivity index (χ3v) is 5.72. The van der Waals surface area contributed by atoms with Gasteiger partial charge < -0.3 is 15.4 Å². The first kappa shape index (κ1) is 22.4. The van der Waals surface area contributed by atoms with Gasteiger partial charge >= 0.3 is 0 Å². The average Bonchev–Trinajstić information content (AvgIpc) is 2.94. The molecule has 3 fully saturated rings. The van der Waals surface area contributed by atoms with Crippen LogP contribution in [-0.4, -0.2) is 54.7 Å². The number of piperidine rings is 1. The molecule has 1 amide bonds. The SMILES string of the molecule is Cl.Cl.O=C(CC1CN(Cc2ccccc2)CCO1)NC1CC2CCC(C1)N2. The second-order valence-electron chi connectivity index (χ2n) is 7.79. The number of ether oxygens (including phenoxy) is 1. The standard InChI is InChI=1S/C20H29N3O2.2ClH/c24-20(22-18-10-16-6-7-17(11-18)21-16)12-19-14-23(8-9-25-19)13-15-4-2-1-3-5-15;;/h1-5,16-19,21H,6-14H2,(H,22,24);2*1H. The molecule has 2 bridgehead atoms. The average molecular weight is 416 g/mol. The number of carbonyl (C=O) groups is 1. The van der Waals surface area contributed by atoms with Gasteiger partial charge in [0, 0.05) is 37.8 Å². The highest BCUT2D eigenvalue weighted by Crippen LogP contribution is 2.26. The van der Waals surface area contributed by atoms with Crippen LogP contribution in [0.5, 0.6) is 0 Å². The molecule has 3 saturated heterocycles. The molecule has 3 heterocycles. The first-order valence-corrected chi connectivity index (χ1v) is 9.68. The monoisotopic (exact) mass is 415 g/mol. The van der Waals surface area contributed by atoms with Crippen LogP contribution in [0.25, 0.3) is 0 Å². The molecule has 3 unspecified atom stereocenters. The molecule has 152 valence electrons. The summed E-state index contributed by atoms with van der Waals surface area (Å²) in [5, 5.41) is 6.88. The number of nitrogens with one attached hydrogen (secondary N) is 2. The number of nitrogens with zero attached hydrogens (tertiary/aromatic N) is 1. The summed E-state index contributed by atoms with van der Waals surface area (Å²) in [7, 11) is 0. The van der Waals surface area contributed by atoms with Gasteiger partial charge in [0.05, 0.1) is 19.1 Å². The molecule has 0 aromatic heterocycles. The second-order valence-corrected chi connectivity index (χ2v) is 7.79. The minimum absolute atomic E-state index is 0. The Morgan fingerprint density at radius 2 is 1.85 bits per heavy atom. The van der Waals surface area contributed by atoms with E-state index in [4.69, 9.17) is 4.74 Å². The van der Waals surface area contributed by atoms with E-state index in [9.17, 15) is 4.79 Å². The van der Waals surface area contributed by atoms with E-state index in [0.717, 1.165) is 32.5 Å². The predicted molar refractivity (Wildman–Crippen MR) is 112 cm³/mol. The molecule has 1 aromatic rings. The lowest BCUT2D eigenvalue weighted by Crippen LogP contribution is -2.49. The molecule has 0 aliphatic carbocycles. The zero-order chi connectivity index (χ0) is 17.1. The van der Waals surface area contributed by atoms with Crippen LogP contribution in [0.3, 0.4) is 0 Å². The first-order chi connectivity index (χ1) is 12.2. The largest absolute Gasteiger partial charge is 0.375 e. The summed E-state index contributed by atoms with van der Waals surface area (Å²) < 4.78 is 5.85. The number of fused-ring (bicyclic) bond motifs is 2. The van der Waals surface area contributed by atoms with Crippen molar-refractivity contribution >= 4 is 30.7 Å². The van der Waals surface area contributed by atoms with E-state index >= 15 is 0 Å². The van der Waals surface area contributed by atoms with Crippen molar-refractivity contribution in [1.29, 1.82) is 0 Å². The highest BCUT2D eigenvalue weighted by atomic mass is 35.5. The third-order valence-electron chi connectivity index (χ3n) is 5.72. The maximum Gasteiger partial charge on any atom is 0.222 e. The van der Waals surface area contributed by atoms with Crippen molar-refractivity contribution in [3.63, 3.8) is 0 Å². The Labute approximate surface area is 174 Å². The Kier molecular flexibility index (Phi) is 8.83. The fourth-order valence-electron chi connectivity index (χ4n) is 4.56. The van der Waals surface area contributed by atoms with Gasteiger partial charge in [-0.05, 0) is 31.2 Å². The number of hydrogen-bond donors (Lipinski definition) is 2. The summed E-state index contributed by atoms with van der Waals surface area (Å²) >= 11 is 0. The normalized spacial score (nSPS) is 30.1. The number of carbonyl (C=O) groups excluding carboxylic acids is 1. The minimum Gasteiger partial charge on any atom is -0.375 e. The quantitative estimate of drug-likeness (QED) is 0.775. The van der Waals surface area contributed by atoms with Crippen molar-refractivity contribution < 1.29 is 9.53 Å². The van der Waals surface area contributed by atoms with E-state index in [2.05, 4.69) is 39.8 Å². The van der Waals surface area contributed by atoms with Crippen LogP contribution in [0.2, 0.25) is 0 Å². The van der Waals surface area contributed by atoms with Gasteiger partial charge in [0.2, 0.25) is 5.91 Å². The van der Waals surface area contributed by atoms with Gasteiger partial charge in [-0.3, -0.25) is 9.69 Å². The van der Waals surface area contributed by atoms with Gasteiger partial charge in [-0.25, -0.2) is 0 Å². The van der Waals surface area contributed by atoms with Crippen LogP contribution < -0.4 is 10.6 Å². The van der Waals surface area contributed by atoms with E-state index in [-0.39, 0.29) is 36.8 Å². The van der Waals surface area contributed by atoms with Gasteiger partial charge in [0.25, 0.3) is 0 Å². The lowest BCUT2D eigenvalue weighted by molar-refractivity contribution is -0.127. The van der Waals surface area contributed by atoms with Crippen molar-refractivity contribution in [3.05, 3.63) is 35.9 Å². The molecule has 5 nitrogen and oxygen atoms in total. The van der Waals surface area contributed by atoms with Crippen LogP contribution in [0.15, 0.2) is 30.3 Å². The van der Waals surface area contributed by atoms with E-state index in [1.165, 1.54) is 18.4 Å². The Morgan fingerprint density at radius 1 is 1.15 bits per heavy atom. The minimum atomic E-state index is 0. The number of halogens is 2. The Morgan fingerprint density at radius 3 is 2.56 bits per heavy atom. The third kappa shape index (κ3) is 6.33. The summed E-state index contributed by atoms with van der Waals surface area (Å²) in [5.74, 6) is 0.151. The van der Waals surface area contributed by atoms with Crippen molar-refractivity contribution in [2.24, 2.45) is 0 Å². The molecule has 3 atom stereocenters. The Bertz CT molecular complexity index is 578. The van der Waals surface area contributed by atoms with Gasteiger partial charge in [-0.1, -0.05) is 30.3 Å². The van der Waals surface area contributed by atoms with Crippen LogP contribution in [0.4, 0.5) is 0 Å². The highest BCUT2D eigenvalue weighted by Gasteiger charge is 2.34.